The number of rotatable bonds is 4. The Labute approximate surface area is 134 Å². The Kier molecular flexibility index (Phi) is 4.19. The minimum absolute atomic E-state index is 0.146. The Hall–Kier alpha value is -1.46. The molecular formula is C16H20ClFN4. The number of fused-ring (bicyclic) bond motifs is 1. The van der Waals surface area contributed by atoms with Crippen molar-refractivity contribution in [2.24, 2.45) is 0 Å². The van der Waals surface area contributed by atoms with Crippen LogP contribution in [0.2, 0.25) is 5.02 Å². The summed E-state index contributed by atoms with van der Waals surface area (Å²) in [5, 5.41) is 12.0. The van der Waals surface area contributed by atoms with Gasteiger partial charge >= 0.3 is 0 Å². The number of aromatic nitrogens is 3. The summed E-state index contributed by atoms with van der Waals surface area (Å²) in [6.07, 6.45) is 3.31. The lowest BCUT2D eigenvalue weighted by Gasteiger charge is -2.28. The Bertz CT molecular complexity index is 681. The lowest BCUT2D eigenvalue weighted by atomic mass is 9.93. The maximum Gasteiger partial charge on any atom is 0.147 e. The predicted octanol–water partition coefficient (Wildman–Crippen LogP) is 3.43. The zero-order chi connectivity index (χ0) is 15.7. The number of nitrogens with zero attached hydrogens (tertiary/aromatic N) is 3. The van der Waals surface area contributed by atoms with E-state index < -0.39 is 5.54 Å². The van der Waals surface area contributed by atoms with Crippen LogP contribution in [-0.4, -0.2) is 14.8 Å². The minimum atomic E-state index is -0.546. The van der Waals surface area contributed by atoms with Crippen molar-refractivity contribution >= 4 is 11.6 Å². The molecule has 2 heterocycles. The minimum Gasteiger partial charge on any atom is -0.314 e. The fourth-order valence-corrected chi connectivity index (χ4v) is 3.06. The normalized spacial score (nSPS) is 14.9. The molecule has 1 aliphatic rings. The van der Waals surface area contributed by atoms with Crippen LogP contribution in [0.5, 0.6) is 0 Å². The lowest BCUT2D eigenvalue weighted by Crippen LogP contribution is -2.37. The molecule has 1 aromatic carbocycles. The molecule has 0 fully saturated rings. The topological polar surface area (TPSA) is 42.7 Å². The summed E-state index contributed by atoms with van der Waals surface area (Å²) >= 11 is 5.89. The van der Waals surface area contributed by atoms with Crippen molar-refractivity contribution in [3.8, 4) is 0 Å². The highest BCUT2D eigenvalue weighted by Crippen LogP contribution is 2.28. The first-order valence-electron chi connectivity index (χ1n) is 7.59. The molecule has 4 nitrogen and oxygen atoms in total. The maximum absolute atomic E-state index is 14.2. The van der Waals surface area contributed by atoms with Gasteiger partial charge in [0.05, 0.1) is 11.6 Å². The second-order valence-corrected chi connectivity index (χ2v) is 6.63. The van der Waals surface area contributed by atoms with Crippen molar-refractivity contribution in [1.82, 2.24) is 20.1 Å². The average Bonchev–Trinajstić information content (AvgIpc) is 2.91. The molecule has 1 aliphatic heterocycles. The zero-order valence-electron chi connectivity index (χ0n) is 12.9. The highest BCUT2D eigenvalue weighted by molar-refractivity contribution is 6.30. The third-order valence-corrected chi connectivity index (χ3v) is 4.54. The molecule has 0 spiro atoms. The summed E-state index contributed by atoms with van der Waals surface area (Å²) in [6.45, 7) is 5.39. The van der Waals surface area contributed by atoms with Gasteiger partial charge in [0, 0.05) is 24.1 Å². The van der Waals surface area contributed by atoms with Gasteiger partial charge in [-0.1, -0.05) is 23.7 Å². The van der Waals surface area contributed by atoms with Crippen LogP contribution in [0.15, 0.2) is 18.2 Å². The van der Waals surface area contributed by atoms with E-state index in [1.807, 2.05) is 13.8 Å². The predicted molar refractivity (Wildman–Crippen MR) is 84.2 cm³/mol. The monoisotopic (exact) mass is 322 g/mol. The number of hydrogen-bond donors (Lipinski definition) is 1. The molecule has 0 saturated carbocycles. The molecule has 0 amide bonds. The van der Waals surface area contributed by atoms with Gasteiger partial charge in [-0.15, -0.1) is 10.2 Å². The van der Waals surface area contributed by atoms with Gasteiger partial charge in [-0.05, 0) is 32.8 Å². The molecule has 0 bridgehead atoms. The van der Waals surface area contributed by atoms with Crippen LogP contribution in [0.4, 0.5) is 4.39 Å². The molecule has 6 heteroatoms. The van der Waals surface area contributed by atoms with E-state index in [2.05, 4.69) is 20.1 Å². The van der Waals surface area contributed by atoms with Crippen molar-refractivity contribution in [2.75, 3.05) is 0 Å². The highest BCUT2D eigenvalue weighted by Gasteiger charge is 2.26. The second kappa shape index (κ2) is 5.97. The summed E-state index contributed by atoms with van der Waals surface area (Å²) < 4.78 is 16.4. The van der Waals surface area contributed by atoms with E-state index in [0.29, 0.717) is 12.1 Å². The van der Waals surface area contributed by atoms with Crippen LogP contribution in [0.3, 0.4) is 0 Å². The van der Waals surface area contributed by atoms with Gasteiger partial charge in [0.25, 0.3) is 0 Å². The zero-order valence-corrected chi connectivity index (χ0v) is 13.6. The number of halogens is 2. The van der Waals surface area contributed by atoms with Crippen LogP contribution in [-0.2, 0) is 25.0 Å². The first kappa shape index (κ1) is 15.4. The van der Waals surface area contributed by atoms with Crippen LogP contribution in [0.25, 0.3) is 0 Å². The number of nitrogens with one attached hydrogen (secondary N) is 1. The van der Waals surface area contributed by atoms with Crippen molar-refractivity contribution in [3.05, 3.63) is 46.3 Å². The molecule has 1 N–H and O–H groups in total. The van der Waals surface area contributed by atoms with Gasteiger partial charge < -0.3 is 9.88 Å². The summed E-state index contributed by atoms with van der Waals surface area (Å²) in [7, 11) is 0. The molecule has 1 aromatic heterocycles. The summed E-state index contributed by atoms with van der Waals surface area (Å²) in [6, 6.07) is 5.09. The van der Waals surface area contributed by atoms with Gasteiger partial charge in [0.15, 0.2) is 0 Å². The lowest BCUT2D eigenvalue weighted by molar-refractivity contribution is 0.371. The molecule has 0 radical (unpaired) electrons. The Morgan fingerprint density at radius 1 is 1.32 bits per heavy atom. The van der Waals surface area contributed by atoms with Crippen molar-refractivity contribution in [1.29, 1.82) is 0 Å². The first-order valence-corrected chi connectivity index (χ1v) is 7.97. The second-order valence-electron chi connectivity index (χ2n) is 6.22. The van der Waals surface area contributed by atoms with Crippen LogP contribution >= 0.6 is 11.6 Å². The quantitative estimate of drug-likeness (QED) is 0.937. The van der Waals surface area contributed by atoms with E-state index in [-0.39, 0.29) is 10.8 Å². The molecule has 0 atom stereocenters. The van der Waals surface area contributed by atoms with E-state index in [4.69, 9.17) is 11.6 Å². The SMILES string of the molecule is CC(C)(NCc1nnc2n1CCCC2)c1cccc(Cl)c1F. The van der Waals surface area contributed by atoms with Crippen LogP contribution < -0.4 is 5.32 Å². The van der Waals surface area contributed by atoms with E-state index in [1.165, 1.54) is 6.42 Å². The Balaban J connectivity index is 1.77. The van der Waals surface area contributed by atoms with Crippen molar-refractivity contribution in [2.45, 2.75) is 51.7 Å². The van der Waals surface area contributed by atoms with Gasteiger partial charge in [0.2, 0.25) is 0 Å². The summed E-state index contributed by atoms with van der Waals surface area (Å²) in [4.78, 5) is 0. The fraction of sp³-hybridized carbons (Fsp3) is 0.500. The summed E-state index contributed by atoms with van der Waals surface area (Å²) in [5.41, 5.74) is 0.00847. The Morgan fingerprint density at radius 3 is 2.95 bits per heavy atom. The van der Waals surface area contributed by atoms with Gasteiger partial charge in [-0.3, -0.25) is 0 Å². The summed E-state index contributed by atoms with van der Waals surface area (Å²) in [5.74, 6) is 1.59. The first-order chi connectivity index (χ1) is 10.5. The molecule has 0 saturated heterocycles. The molecule has 118 valence electrons. The van der Waals surface area contributed by atoms with Gasteiger partial charge in [-0.2, -0.15) is 0 Å². The van der Waals surface area contributed by atoms with Crippen molar-refractivity contribution in [3.63, 3.8) is 0 Å². The average molecular weight is 323 g/mol. The van der Waals surface area contributed by atoms with Gasteiger partial charge in [-0.25, -0.2) is 4.39 Å². The van der Waals surface area contributed by atoms with E-state index in [9.17, 15) is 4.39 Å². The smallest absolute Gasteiger partial charge is 0.147 e. The maximum atomic E-state index is 14.2. The molecule has 0 unspecified atom stereocenters. The number of hydrogen-bond acceptors (Lipinski definition) is 3. The standard InChI is InChI=1S/C16H20ClFN4/c1-16(2,11-6-5-7-12(17)15(11)18)19-10-14-21-20-13-8-3-4-9-22(13)14/h5-7,19H,3-4,8-10H2,1-2H3. The molecule has 0 aliphatic carbocycles. The Morgan fingerprint density at radius 2 is 2.14 bits per heavy atom. The molecule has 2 aromatic rings. The van der Waals surface area contributed by atoms with Crippen LogP contribution in [0, 0.1) is 5.82 Å². The molecule has 3 rings (SSSR count). The van der Waals surface area contributed by atoms with E-state index >= 15 is 0 Å². The van der Waals surface area contributed by atoms with Crippen molar-refractivity contribution < 1.29 is 4.39 Å². The third-order valence-electron chi connectivity index (χ3n) is 4.25. The van der Waals surface area contributed by atoms with Gasteiger partial charge in [0.1, 0.15) is 17.5 Å². The largest absolute Gasteiger partial charge is 0.314 e. The third kappa shape index (κ3) is 2.88. The van der Waals surface area contributed by atoms with E-state index in [1.54, 1.807) is 18.2 Å². The number of aryl methyl sites for hydroxylation is 1. The highest BCUT2D eigenvalue weighted by atomic mass is 35.5. The fourth-order valence-electron chi connectivity index (χ4n) is 2.88. The molecular weight excluding hydrogens is 303 g/mol. The number of benzene rings is 1. The van der Waals surface area contributed by atoms with Crippen LogP contribution in [0.1, 0.15) is 43.9 Å². The molecule has 22 heavy (non-hydrogen) atoms. The van der Waals surface area contributed by atoms with E-state index in [0.717, 1.165) is 31.0 Å².